The molecule has 1 aromatic carbocycles. The van der Waals surface area contributed by atoms with Crippen molar-refractivity contribution < 1.29 is 21.6 Å². The maximum absolute atomic E-state index is 12.7. The van der Waals surface area contributed by atoms with E-state index >= 15 is 0 Å². The van der Waals surface area contributed by atoms with Crippen molar-refractivity contribution in [1.29, 1.82) is 0 Å². The third-order valence-electron chi connectivity index (χ3n) is 4.01. The summed E-state index contributed by atoms with van der Waals surface area (Å²) in [7, 11) is -3.59. The highest BCUT2D eigenvalue weighted by molar-refractivity contribution is 7.91. The zero-order valence-electron chi connectivity index (χ0n) is 13.6. The molecule has 0 spiro atoms. The van der Waals surface area contributed by atoms with Crippen LogP contribution >= 0.6 is 0 Å². The Labute approximate surface area is 143 Å². The Balaban J connectivity index is 1.78. The Morgan fingerprint density at radius 3 is 2.40 bits per heavy atom. The zero-order valence-corrected chi connectivity index (χ0v) is 14.4. The van der Waals surface area contributed by atoms with Gasteiger partial charge < -0.3 is 0 Å². The highest BCUT2D eigenvalue weighted by atomic mass is 32.2. The molecule has 25 heavy (non-hydrogen) atoms. The number of benzene rings is 1. The molecule has 0 bridgehead atoms. The smallest absolute Gasteiger partial charge is 0.241 e. The fourth-order valence-electron chi connectivity index (χ4n) is 2.48. The topological polar surface area (TPSA) is 64.8 Å². The lowest BCUT2D eigenvalue weighted by Gasteiger charge is -2.09. The van der Waals surface area contributed by atoms with Crippen LogP contribution in [0.15, 0.2) is 29.2 Å². The van der Waals surface area contributed by atoms with Crippen molar-refractivity contribution in [2.75, 3.05) is 5.75 Å². The van der Waals surface area contributed by atoms with Gasteiger partial charge in [0.25, 0.3) is 0 Å². The predicted molar refractivity (Wildman–Crippen MR) is 85.0 cm³/mol. The van der Waals surface area contributed by atoms with Crippen molar-refractivity contribution in [3.05, 3.63) is 41.5 Å². The number of rotatable bonds is 6. The second kappa shape index (κ2) is 6.44. The Hall–Kier alpha value is -1.90. The lowest BCUT2D eigenvalue weighted by Crippen LogP contribution is -2.22. The number of alkyl halides is 3. The summed E-state index contributed by atoms with van der Waals surface area (Å²) >= 11 is 0. The van der Waals surface area contributed by atoms with Crippen LogP contribution in [0.2, 0.25) is 0 Å². The van der Waals surface area contributed by atoms with E-state index in [1.165, 1.54) is 12.1 Å². The zero-order chi connectivity index (χ0) is 18.2. The SMILES string of the molecule is Cc1ccc(S(=O)(=O)CCc2nc(C3CC3)nn2CC(F)(F)F)cc1. The van der Waals surface area contributed by atoms with Gasteiger partial charge in [0.05, 0.1) is 10.6 Å². The van der Waals surface area contributed by atoms with Crippen molar-refractivity contribution in [2.24, 2.45) is 0 Å². The van der Waals surface area contributed by atoms with E-state index in [2.05, 4.69) is 10.1 Å². The average Bonchev–Trinajstić information content (AvgIpc) is 3.27. The van der Waals surface area contributed by atoms with E-state index in [4.69, 9.17) is 0 Å². The van der Waals surface area contributed by atoms with Gasteiger partial charge in [0, 0.05) is 12.3 Å². The predicted octanol–water partition coefficient (Wildman–Crippen LogP) is 3.04. The van der Waals surface area contributed by atoms with Gasteiger partial charge >= 0.3 is 6.18 Å². The molecule has 0 saturated heterocycles. The summed E-state index contributed by atoms with van der Waals surface area (Å²) in [6, 6.07) is 6.37. The average molecular weight is 373 g/mol. The Kier molecular flexibility index (Phi) is 4.61. The molecular formula is C16H18F3N3O2S. The van der Waals surface area contributed by atoms with E-state index in [0.29, 0.717) is 5.82 Å². The molecule has 5 nitrogen and oxygen atoms in total. The third-order valence-corrected chi connectivity index (χ3v) is 5.74. The van der Waals surface area contributed by atoms with E-state index in [0.717, 1.165) is 23.1 Å². The quantitative estimate of drug-likeness (QED) is 0.781. The molecule has 1 aromatic heterocycles. The number of nitrogens with zero attached hydrogens (tertiary/aromatic N) is 3. The lowest BCUT2D eigenvalue weighted by molar-refractivity contribution is -0.143. The monoisotopic (exact) mass is 373 g/mol. The van der Waals surface area contributed by atoms with Gasteiger partial charge in [-0.15, -0.1) is 0 Å². The first-order valence-electron chi connectivity index (χ1n) is 7.94. The Morgan fingerprint density at radius 2 is 1.84 bits per heavy atom. The number of aryl methyl sites for hydroxylation is 2. The van der Waals surface area contributed by atoms with Crippen LogP contribution in [0, 0.1) is 6.92 Å². The van der Waals surface area contributed by atoms with E-state index in [1.54, 1.807) is 12.1 Å². The fraction of sp³-hybridized carbons (Fsp3) is 0.500. The molecule has 0 N–H and O–H groups in total. The highest BCUT2D eigenvalue weighted by Crippen LogP contribution is 2.38. The normalized spacial score (nSPS) is 15.5. The number of halogens is 3. The standard InChI is InChI=1S/C16H18F3N3O2S/c1-11-2-6-13(7-3-11)25(23,24)9-8-14-20-15(12-4-5-12)21-22(14)10-16(17,18)19/h2-3,6-7,12H,4-5,8-10H2,1H3. The minimum atomic E-state index is -4.43. The number of sulfone groups is 1. The second-order valence-corrected chi connectivity index (χ2v) is 8.42. The molecule has 1 aliphatic rings. The summed E-state index contributed by atoms with van der Waals surface area (Å²) in [5.41, 5.74) is 0.929. The van der Waals surface area contributed by atoms with Crippen LogP contribution in [0.4, 0.5) is 13.2 Å². The van der Waals surface area contributed by atoms with Crippen LogP contribution in [0.5, 0.6) is 0 Å². The van der Waals surface area contributed by atoms with E-state index in [-0.39, 0.29) is 28.8 Å². The molecule has 1 saturated carbocycles. The molecule has 1 heterocycles. The largest absolute Gasteiger partial charge is 0.408 e. The summed E-state index contributed by atoms with van der Waals surface area (Å²) in [6.07, 6.45) is -2.82. The van der Waals surface area contributed by atoms with E-state index in [9.17, 15) is 21.6 Å². The van der Waals surface area contributed by atoms with Crippen molar-refractivity contribution >= 4 is 9.84 Å². The number of aromatic nitrogens is 3. The van der Waals surface area contributed by atoms with Gasteiger partial charge in [-0.25, -0.2) is 18.1 Å². The lowest BCUT2D eigenvalue weighted by atomic mass is 10.2. The first-order chi connectivity index (χ1) is 11.6. The summed E-state index contributed by atoms with van der Waals surface area (Å²) in [4.78, 5) is 4.31. The van der Waals surface area contributed by atoms with Crippen LogP contribution in [0.1, 0.15) is 36.0 Å². The van der Waals surface area contributed by atoms with Gasteiger partial charge in [0.1, 0.15) is 12.4 Å². The molecule has 0 radical (unpaired) electrons. The molecule has 0 atom stereocenters. The van der Waals surface area contributed by atoms with Crippen molar-refractivity contribution in [3.63, 3.8) is 0 Å². The molecule has 0 amide bonds. The van der Waals surface area contributed by atoms with Gasteiger partial charge in [-0.05, 0) is 31.9 Å². The van der Waals surface area contributed by atoms with E-state index < -0.39 is 22.6 Å². The van der Waals surface area contributed by atoms with Crippen LogP contribution in [-0.4, -0.2) is 35.1 Å². The molecule has 0 aliphatic heterocycles. The van der Waals surface area contributed by atoms with E-state index in [1.807, 2.05) is 6.92 Å². The molecule has 1 aliphatic carbocycles. The maximum Gasteiger partial charge on any atom is 0.408 e. The minimum Gasteiger partial charge on any atom is -0.241 e. The molecule has 3 rings (SSSR count). The Morgan fingerprint density at radius 1 is 1.20 bits per heavy atom. The first kappa shape index (κ1) is 17.9. The molecule has 1 fully saturated rings. The van der Waals surface area contributed by atoms with Gasteiger partial charge in [-0.2, -0.15) is 18.3 Å². The van der Waals surface area contributed by atoms with Gasteiger partial charge in [0.2, 0.25) is 0 Å². The minimum absolute atomic E-state index is 0.0647. The molecule has 0 unspecified atom stereocenters. The van der Waals surface area contributed by atoms with Crippen LogP contribution in [0.3, 0.4) is 0 Å². The molecule has 2 aromatic rings. The van der Waals surface area contributed by atoms with Crippen molar-refractivity contribution in [3.8, 4) is 0 Å². The van der Waals surface area contributed by atoms with Gasteiger partial charge in [0.15, 0.2) is 15.7 Å². The molecule has 9 heteroatoms. The summed E-state index contributed by atoms with van der Waals surface area (Å²) in [6.45, 7) is 0.585. The first-order valence-corrected chi connectivity index (χ1v) is 9.59. The van der Waals surface area contributed by atoms with Crippen LogP contribution in [0.25, 0.3) is 0 Å². The molecular weight excluding hydrogens is 355 g/mol. The van der Waals surface area contributed by atoms with Gasteiger partial charge in [-0.3, -0.25) is 0 Å². The fourth-order valence-corrected chi connectivity index (χ4v) is 3.72. The highest BCUT2D eigenvalue weighted by Gasteiger charge is 2.33. The van der Waals surface area contributed by atoms with Crippen LogP contribution < -0.4 is 0 Å². The van der Waals surface area contributed by atoms with Crippen LogP contribution in [-0.2, 0) is 22.8 Å². The molecule has 136 valence electrons. The second-order valence-electron chi connectivity index (χ2n) is 6.32. The summed E-state index contributed by atoms with van der Waals surface area (Å²) in [5.74, 6) is 0.236. The summed E-state index contributed by atoms with van der Waals surface area (Å²) in [5, 5.41) is 3.93. The summed E-state index contributed by atoms with van der Waals surface area (Å²) < 4.78 is 63.7. The van der Waals surface area contributed by atoms with Crippen molar-refractivity contribution in [1.82, 2.24) is 14.8 Å². The number of hydrogen-bond donors (Lipinski definition) is 0. The maximum atomic E-state index is 12.7. The van der Waals surface area contributed by atoms with Gasteiger partial charge in [-0.1, -0.05) is 17.7 Å². The van der Waals surface area contributed by atoms with Crippen molar-refractivity contribution in [2.45, 2.75) is 49.7 Å². The Bertz CT molecular complexity index is 854. The third kappa shape index (κ3) is 4.59. The number of hydrogen-bond acceptors (Lipinski definition) is 4.